The summed E-state index contributed by atoms with van der Waals surface area (Å²) in [5.41, 5.74) is 10.6. The molecule has 0 aliphatic heterocycles. The van der Waals surface area contributed by atoms with Crippen molar-refractivity contribution in [3.63, 3.8) is 0 Å². The molecule has 0 aromatic carbocycles. The molecule has 0 radical (unpaired) electrons. The summed E-state index contributed by atoms with van der Waals surface area (Å²) in [6.07, 6.45) is 1.26. The maximum atomic E-state index is 7.20. The van der Waals surface area contributed by atoms with Gasteiger partial charge < -0.3 is 11.5 Å². The van der Waals surface area contributed by atoms with Gasteiger partial charge in [0.15, 0.2) is 0 Å². The topological polar surface area (TPSA) is 124 Å². The van der Waals surface area contributed by atoms with Crippen LogP contribution < -0.4 is 11.5 Å². The van der Waals surface area contributed by atoms with Crippen molar-refractivity contribution in [2.75, 3.05) is 0 Å². The fraction of sp³-hybridized carbons (Fsp3) is 0.750. The number of hydrogen-bond donors (Lipinski definition) is 4. The fourth-order valence-corrected chi connectivity index (χ4v) is 0.888. The lowest BCUT2D eigenvalue weighted by Crippen LogP contribution is -2.28. The van der Waals surface area contributed by atoms with Crippen LogP contribution in [0, 0.1) is 10.8 Å². The molecule has 6 N–H and O–H groups in total. The molecule has 6 nitrogen and oxygen atoms in total. The molecule has 0 saturated carbocycles. The van der Waals surface area contributed by atoms with Crippen molar-refractivity contribution >= 4 is 24.1 Å². The first-order valence-corrected chi connectivity index (χ1v) is 4.60. The minimum atomic E-state index is -0.386. The van der Waals surface area contributed by atoms with Crippen LogP contribution in [0.15, 0.2) is 10.2 Å². The van der Waals surface area contributed by atoms with Crippen LogP contribution in [0.3, 0.4) is 0 Å². The number of nitrogens with zero attached hydrogens (tertiary/aromatic N) is 2. The third-order valence-corrected chi connectivity index (χ3v) is 1.84. The van der Waals surface area contributed by atoms with Crippen LogP contribution in [-0.4, -0.2) is 23.8 Å². The van der Waals surface area contributed by atoms with E-state index < -0.39 is 0 Å². The van der Waals surface area contributed by atoms with Gasteiger partial charge in [0.05, 0.1) is 0 Å². The summed E-state index contributed by atoms with van der Waals surface area (Å²) in [7, 11) is 0. The summed E-state index contributed by atoms with van der Waals surface area (Å²) in [5.74, 6) is -0.00990. The Bertz CT molecular complexity index is 215. The Kier molecular flexibility index (Phi) is 8.85. The molecule has 0 aromatic rings. The van der Waals surface area contributed by atoms with Crippen molar-refractivity contribution in [1.29, 1.82) is 10.8 Å². The Morgan fingerprint density at radius 3 is 1.40 bits per heavy atom. The van der Waals surface area contributed by atoms with Crippen molar-refractivity contribution in [3.8, 4) is 0 Å². The minimum absolute atomic E-state index is 0. The summed E-state index contributed by atoms with van der Waals surface area (Å²) in [4.78, 5) is 0. The van der Waals surface area contributed by atoms with Gasteiger partial charge >= 0.3 is 0 Å². The van der Waals surface area contributed by atoms with Crippen molar-refractivity contribution < 1.29 is 0 Å². The summed E-state index contributed by atoms with van der Waals surface area (Å²) < 4.78 is 0. The average Bonchev–Trinajstić information content (AvgIpc) is 2.11. The lowest BCUT2D eigenvalue weighted by atomic mass is 10.2. The zero-order chi connectivity index (χ0) is 11.1. The third-order valence-electron chi connectivity index (χ3n) is 1.84. The molecule has 2 atom stereocenters. The van der Waals surface area contributed by atoms with Gasteiger partial charge in [-0.25, -0.2) is 0 Å². The van der Waals surface area contributed by atoms with Crippen LogP contribution in [0.2, 0.25) is 0 Å². The van der Waals surface area contributed by atoms with E-state index >= 15 is 0 Å². The van der Waals surface area contributed by atoms with Crippen molar-refractivity contribution in [1.82, 2.24) is 0 Å². The SMILES string of the molecule is CCC(/N=N/C(CC)C(=N)N)C(=N)N.Cl. The molecule has 0 aliphatic carbocycles. The third kappa shape index (κ3) is 6.01. The highest BCUT2D eigenvalue weighted by Gasteiger charge is 2.11. The van der Waals surface area contributed by atoms with E-state index in [4.69, 9.17) is 22.3 Å². The highest BCUT2D eigenvalue weighted by molar-refractivity contribution is 5.85. The lowest BCUT2D eigenvalue weighted by molar-refractivity contribution is 0.680. The molecule has 0 aromatic heterocycles. The monoisotopic (exact) mass is 234 g/mol. The Balaban J connectivity index is 0. The predicted octanol–water partition coefficient (Wildman–Crippen LogP) is 1.29. The molecule has 0 spiro atoms. The summed E-state index contributed by atoms with van der Waals surface area (Å²) in [6, 6.07) is -0.771. The Morgan fingerprint density at radius 2 is 1.27 bits per heavy atom. The zero-order valence-electron chi connectivity index (χ0n) is 9.03. The summed E-state index contributed by atoms with van der Waals surface area (Å²) in [6.45, 7) is 3.75. The van der Waals surface area contributed by atoms with Crippen LogP contribution in [0.4, 0.5) is 0 Å². The van der Waals surface area contributed by atoms with Gasteiger partial charge in [-0.1, -0.05) is 13.8 Å². The van der Waals surface area contributed by atoms with Gasteiger partial charge in [-0.3, -0.25) is 10.8 Å². The molecular formula is C8H19ClN6. The van der Waals surface area contributed by atoms with Crippen molar-refractivity contribution in [3.05, 3.63) is 0 Å². The van der Waals surface area contributed by atoms with E-state index in [-0.39, 0.29) is 36.2 Å². The second kappa shape index (κ2) is 8.16. The van der Waals surface area contributed by atoms with E-state index in [1.807, 2.05) is 13.8 Å². The smallest absolute Gasteiger partial charge is 0.127 e. The molecule has 0 fully saturated rings. The Morgan fingerprint density at radius 1 is 1.00 bits per heavy atom. The van der Waals surface area contributed by atoms with Gasteiger partial charge in [0, 0.05) is 0 Å². The quantitative estimate of drug-likeness (QED) is 0.314. The summed E-state index contributed by atoms with van der Waals surface area (Å²) in [5, 5.41) is 22.2. The maximum absolute atomic E-state index is 7.20. The van der Waals surface area contributed by atoms with Gasteiger partial charge in [0.2, 0.25) is 0 Å². The summed E-state index contributed by atoms with van der Waals surface area (Å²) >= 11 is 0. The normalized spacial score (nSPS) is 14.3. The van der Waals surface area contributed by atoms with E-state index in [1.165, 1.54) is 0 Å². The second-order valence-corrected chi connectivity index (χ2v) is 2.99. The van der Waals surface area contributed by atoms with Crippen LogP contribution >= 0.6 is 12.4 Å². The van der Waals surface area contributed by atoms with Crippen LogP contribution in [0.25, 0.3) is 0 Å². The molecule has 0 aliphatic rings. The lowest BCUT2D eigenvalue weighted by Gasteiger charge is -2.09. The molecule has 2 unspecified atom stereocenters. The largest absolute Gasteiger partial charge is 0.386 e. The maximum Gasteiger partial charge on any atom is 0.127 e. The predicted molar refractivity (Wildman–Crippen MR) is 64.1 cm³/mol. The fourth-order valence-electron chi connectivity index (χ4n) is 0.888. The zero-order valence-corrected chi connectivity index (χ0v) is 9.84. The number of halogens is 1. The molecule has 88 valence electrons. The molecule has 0 saturated heterocycles. The number of nitrogens with one attached hydrogen (secondary N) is 2. The number of nitrogens with two attached hydrogens (primary N) is 2. The first kappa shape index (κ1) is 16.3. The first-order valence-electron chi connectivity index (χ1n) is 4.60. The molecule has 0 heterocycles. The van der Waals surface area contributed by atoms with E-state index in [9.17, 15) is 0 Å². The first-order chi connectivity index (χ1) is 6.52. The Hall–Kier alpha value is -1.17. The van der Waals surface area contributed by atoms with E-state index in [0.29, 0.717) is 12.8 Å². The highest BCUT2D eigenvalue weighted by Crippen LogP contribution is 2.02. The van der Waals surface area contributed by atoms with Crippen molar-refractivity contribution in [2.45, 2.75) is 38.8 Å². The van der Waals surface area contributed by atoms with Crippen LogP contribution in [-0.2, 0) is 0 Å². The number of amidine groups is 2. The number of rotatable bonds is 6. The van der Waals surface area contributed by atoms with E-state index in [0.717, 1.165) is 0 Å². The molecule has 0 amide bonds. The van der Waals surface area contributed by atoms with E-state index in [1.54, 1.807) is 0 Å². The molecule has 15 heavy (non-hydrogen) atoms. The molecule has 7 heteroatoms. The van der Waals surface area contributed by atoms with Gasteiger partial charge in [-0.2, -0.15) is 10.2 Å². The minimum Gasteiger partial charge on any atom is -0.386 e. The number of hydrogen-bond acceptors (Lipinski definition) is 4. The number of azo groups is 1. The van der Waals surface area contributed by atoms with Gasteiger partial charge in [0.25, 0.3) is 0 Å². The van der Waals surface area contributed by atoms with Crippen molar-refractivity contribution in [2.24, 2.45) is 21.7 Å². The molecule has 0 bridgehead atoms. The van der Waals surface area contributed by atoms with Gasteiger partial charge in [0.1, 0.15) is 23.8 Å². The van der Waals surface area contributed by atoms with Crippen LogP contribution in [0.5, 0.6) is 0 Å². The second-order valence-electron chi connectivity index (χ2n) is 2.99. The average molecular weight is 235 g/mol. The standard InChI is InChI=1S/C8H18N6.ClH/c1-3-5(7(9)10)13-14-6(4-2)8(11)12;/h5-6H,3-4H2,1-2H3,(H3,9,10)(H3,11,12);1H/b14-13+;. The molecule has 0 rings (SSSR count). The van der Waals surface area contributed by atoms with Gasteiger partial charge in [-0.05, 0) is 12.8 Å². The molecular weight excluding hydrogens is 216 g/mol. The van der Waals surface area contributed by atoms with Gasteiger partial charge in [-0.15, -0.1) is 12.4 Å². The Labute approximate surface area is 95.9 Å². The highest BCUT2D eigenvalue weighted by atomic mass is 35.5. The van der Waals surface area contributed by atoms with E-state index in [2.05, 4.69) is 10.2 Å². The van der Waals surface area contributed by atoms with Crippen LogP contribution in [0.1, 0.15) is 26.7 Å².